The van der Waals surface area contributed by atoms with Crippen LogP contribution in [0.4, 0.5) is 5.69 Å². The number of thiazole rings is 1. The van der Waals surface area contributed by atoms with Crippen LogP contribution in [-0.4, -0.2) is 18.1 Å². The Hall–Kier alpha value is -1.35. The van der Waals surface area contributed by atoms with Crippen molar-refractivity contribution >= 4 is 17.0 Å². The van der Waals surface area contributed by atoms with Crippen LogP contribution in [0.15, 0.2) is 29.8 Å². The van der Waals surface area contributed by atoms with Gasteiger partial charge in [0.1, 0.15) is 0 Å². The predicted molar refractivity (Wildman–Crippen MR) is 80.5 cm³/mol. The monoisotopic (exact) mass is 260 g/mol. The minimum Gasteiger partial charge on any atom is -0.372 e. The van der Waals surface area contributed by atoms with Gasteiger partial charge in [0.2, 0.25) is 0 Å². The Morgan fingerprint density at radius 2 is 1.72 bits per heavy atom. The number of aryl methyl sites for hydroxylation is 1. The molecule has 2 nitrogen and oxygen atoms in total. The van der Waals surface area contributed by atoms with Crippen LogP contribution in [-0.2, 0) is 6.42 Å². The number of rotatable bonds is 5. The molecule has 0 radical (unpaired) electrons. The quantitative estimate of drug-likeness (QED) is 0.800. The molecule has 0 aliphatic carbocycles. The lowest BCUT2D eigenvalue weighted by Crippen LogP contribution is -2.21. The first-order valence-electron chi connectivity index (χ1n) is 6.57. The number of benzene rings is 1. The summed E-state index contributed by atoms with van der Waals surface area (Å²) in [7, 11) is 0. The van der Waals surface area contributed by atoms with E-state index in [-0.39, 0.29) is 0 Å². The van der Waals surface area contributed by atoms with E-state index in [1.165, 1.54) is 16.1 Å². The SMILES string of the molecule is CCc1scnc1-c1ccc(N(CC)CC)cc1. The Labute approximate surface area is 113 Å². The number of hydrogen-bond acceptors (Lipinski definition) is 3. The summed E-state index contributed by atoms with van der Waals surface area (Å²) in [5.41, 5.74) is 5.60. The van der Waals surface area contributed by atoms with E-state index in [4.69, 9.17) is 0 Å². The van der Waals surface area contributed by atoms with Crippen molar-refractivity contribution in [2.24, 2.45) is 0 Å². The number of hydrogen-bond donors (Lipinski definition) is 0. The van der Waals surface area contributed by atoms with Gasteiger partial charge in [-0.2, -0.15) is 0 Å². The van der Waals surface area contributed by atoms with Gasteiger partial charge in [-0.05, 0) is 32.4 Å². The molecule has 0 aliphatic rings. The van der Waals surface area contributed by atoms with Gasteiger partial charge in [0.05, 0.1) is 11.2 Å². The average Bonchev–Trinajstić information content (AvgIpc) is 2.89. The molecule has 0 atom stereocenters. The van der Waals surface area contributed by atoms with Gasteiger partial charge in [0.25, 0.3) is 0 Å². The van der Waals surface area contributed by atoms with Gasteiger partial charge in [-0.15, -0.1) is 11.3 Å². The van der Waals surface area contributed by atoms with Gasteiger partial charge in [0.15, 0.2) is 0 Å². The highest BCUT2D eigenvalue weighted by Gasteiger charge is 2.08. The molecular formula is C15H20N2S. The lowest BCUT2D eigenvalue weighted by molar-refractivity contribution is 0.866. The first-order chi connectivity index (χ1) is 8.80. The lowest BCUT2D eigenvalue weighted by atomic mass is 10.1. The van der Waals surface area contributed by atoms with E-state index < -0.39 is 0 Å². The second-order valence-corrected chi connectivity index (χ2v) is 5.14. The van der Waals surface area contributed by atoms with Crippen molar-refractivity contribution in [2.45, 2.75) is 27.2 Å². The summed E-state index contributed by atoms with van der Waals surface area (Å²) >= 11 is 1.74. The highest BCUT2D eigenvalue weighted by Crippen LogP contribution is 2.27. The maximum atomic E-state index is 4.48. The average molecular weight is 260 g/mol. The number of anilines is 1. The Balaban J connectivity index is 2.27. The fourth-order valence-corrected chi connectivity index (χ4v) is 2.91. The Morgan fingerprint density at radius 3 is 2.28 bits per heavy atom. The minimum absolute atomic E-state index is 1.05. The van der Waals surface area contributed by atoms with E-state index in [0.717, 1.165) is 25.2 Å². The van der Waals surface area contributed by atoms with Crippen molar-refractivity contribution in [3.05, 3.63) is 34.7 Å². The Morgan fingerprint density at radius 1 is 1.06 bits per heavy atom. The molecule has 2 aromatic rings. The van der Waals surface area contributed by atoms with Crippen molar-refractivity contribution in [3.8, 4) is 11.3 Å². The molecule has 0 aliphatic heterocycles. The van der Waals surface area contributed by atoms with Crippen LogP contribution in [0.5, 0.6) is 0 Å². The van der Waals surface area contributed by atoms with Crippen LogP contribution in [0.25, 0.3) is 11.3 Å². The third-order valence-corrected chi connectivity index (χ3v) is 4.21. The molecule has 0 saturated carbocycles. The molecule has 0 N–H and O–H groups in total. The van der Waals surface area contributed by atoms with Crippen molar-refractivity contribution < 1.29 is 0 Å². The molecule has 1 aromatic heterocycles. The summed E-state index contributed by atoms with van der Waals surface area (Å²) < 4.78 is 0. The molecular weight excluding hydrogens is 240 g/mol. The number of aromatic nitrogens is 1. The summed E-state index contributed by atoms with van der Waals surface area (Å²) in [6.45, 7) is 8.65. The van der Waals surface area contributed by atoms with Crippen LogP contribution in [0.3, 0.4) is 0 Å². The summed E-state index contributed by atoms with van der Waals surface area (Å²) in [5.74, 6) is 0. The molecule has 0 amide bonds. The zero-order valence-corrected chi connectivity index (χ0v) is 12.1. The largest absolute Gasteiger partial charge is 0.372 e. The van der Waals surface area contributed by atoms with Gasteiger partial charge >= 0.3 is 0 Å². The highest BCUT2D eigenvalue weighted by molar-refractivity contribution is 7.10. The molecule has 3 heteroatoms. The highest BCUT2D eigenvalue weighted by atomic mass is 32.1. The van der Waals surface area contributed by atoms with Gasteiger partial charge in [0, 0.05) is 29.2 Å². The minimum atomic E-state index is 1.05. The smallest absolute Gasteiger partial charge is 0.0843 e. The van der Waals surface area contributed by atoms with Gasteiger partial charge in [-0.3, -0.25) is 0 Å². The van der Waals surface area contributed by atoms with E-state index >= 15 is 0 Å². The summed E-state index contributed by atoms with van der Waals surface area (Å²) in [6.07, 6.45) is 1.05. The molecule has 0 spiro atoms. The standard InChI is InChI=1S/C15H20N2S/c1-4-14-15(16-11-18-14)12-7-9-13(10-8-12)17(5-2)6-3/h7-11H,4-6H2,1-3H3. The fourth-order valence-electron chi connectivity index (χ4n) is 2.18. The summed E-state index contributed by atoms with van der Waals surface area (Å²) in [6, 6.07) is 8.76. The lowest BCUT2D eigenvalue weighted by Gasteiger charge is -2.21. The zero-order chi connectivity index (χ0) is 13.0. The van der Waals surface area contributed by atoms with E-state index in [9.17, 15) is 0 Å². The molecule has 0 fully saturated rings. The van der Waals surface area contributed by atoms with Crippen molar-refractivity contribution in [1.82, 2.24) is 4.98 Å². The predicted octanol–water partition coefficient (Wildman–Crippen LogP) is 4.22. The molecule has 0 bridgehead atoms. The van der Waals surface area contributed by atoms with E-state index in [0.29, 0.717) is 0 Å². The van der Waals surface area contributed by atoms with Crippen LogP contribution in [0.2, 0.25) is 0 Å². The van der Waals surface area contributed by atoms with Crippen molar-refractivity contribution in [2.75, 3.05) is 18.0 Å². The van der Waals surface area contributed by atoms with Gasteiger partial charge < -0.3 is 4.90 Å². The summed E-state index contributed by atoms with van der Waals surface area (Å²) in [4.78, 5) is 8.20. The van der Waals surface area contributed by atoms with Crippen LogP contribution >= 0.6 is 11.3 Å². The zero-order valence-electron chi connectivity index (χ0n) is 11.3. The topological polar surface area (TPSA) is 16.1 Å². The Bertz CT molecular complexity index is 483. The first-order valence-corrected chi connectivity index (χ1v) is 7.45. The van der Waals surface area contributed by atoms with Crippen LogP contribution < -0.4 is 4.90 Å². The second-order valence-electron chi connectivity index (χ2n) is 4.20. The van der Waals surface area contributed by atoms with Gasteiger partial charge in [-0.25, -0.2) is 4.98 Å². The molecule has 1 heterocycles. The van der Waals surface area contributed by atoms with E-state index in [1.54, 1.807) is 11.3 Å². The third-order valence-electron chi connectivity index (χ3n) is 3.23. The Kier molecular flexibility index (Phi) is 4.37. The molecule has 2 rings (SSSR count). The molecule has 96 valence electrons. The molecule has 0 saturated heterocycles. The van der Waals surface area contributed by atoms with Crippen molar-refractivity contribution in [1.29, 1.82) is 0 Å². The molecule has 1 aromatic carbocycles. The maximum absolute atomic E-state index is 4.48. The van der Waals surface area contributed by atoms with E-state index in [1.807, 2.05) is 5.51 Å². The third kappa shape index (κ3) is 2.56. The molecule has 18 heavy (non-hydrogen) atoms. The van der Waals surface area contributed by atoms with Gasteiger partial charge in [-0.1, -0.05) is 19.1 Å². The fraction of sp³-hybridized carbons (Fsp3) is 0.400. The van der Waals surface area contributed by atoms with Crippen LogP contribution in [0, 0.1) is 0 Å². The van der Waals surface area contributed by atoms with Crippen LogP contribution in [0.1, 0.15) is 25.6 Å². The summed E-state index contributed by atoms with van der Waals surface area (Å²) in [5, 5.41) is 0. The maximum Gasteiger partial charge on any atom is 0.0843 e. The number of nitrogens with zero attached hydrogens (tertiary/aromatic N) is 2. The molecule has 0 unspecified atom stereocenters. The van der Waals surface area contributed by atoms with Crippen molar-refractivity contribution in [3.63, 3.8) is 0 Å². The normalized spacial score (nSPS) is 10.6. The first kappa shape index (κ1) is 13.1. The second kappa shape index (κ2) is 6.01. The van der Waals surface area contributed by atoms with E-state index in [2.05, 4.69) is 54.9 Å².